The second-order valence-corrected chi connectivity index (χ2v) is 6.88. The van der Waals surface area contributed by atoms with E-state index in [-0.39, 0.29) is 12.3 Å². The number of amides is 1. The summed E-state index contributed by atoms with van der Waals surface area (Å²) in [4.78, 5) is 12.1. The second-order valence-electron chi connectivity index (χ2n) is 5.38. The zero-order valence-corrected chi connectivity index (χ0v) is 15.1. The number of hydrogen-bond acceptors (Lipinski definition) is 5. The summed E-state index contributed by atoms with van der Waals surface area (Å²) >= 11 is 7.25. The third kappa shape index (κ3) is 5.01. The van der Waals surface area contributed by atoms with Crippen LogP contribution in [-0.4, -0.2) is 23.2 Å². The summed E-state index contributed by atoms with van der Waals surface area (Å²) in [7, 11) is 1.61. The van der Waals surface area contributed by atoms with Gasteiger partial charge >= 0.3 is 0 Å². The molecule has 0 radical (unpaired) electrons. The molecule has 0 spiro atoms. The first-order valence-corrected chi connectivity index (χ1v) is 8.81. The number of nitrogens with zero attached hydrogens (tertiary/aromatic N) is 2. The van der Waals surface area contributed by atoms with Crippen molar-refractivity contribution in [2.75, 3.05) is 12.4 Å². The molecule has 1 heterocycles. The molecule has 3 aromatic rings. The smallest absolute Gasteiger partial charge is 0.230 e. The van der Waals surface area contributed by atoms with E-state index in [9.17, 15) is 4.79 Å². The number of aromatic nitrogens is 2. The minimum Gasteiger partial charge on any atom is -0.497 e. The molecule has 5 nitrogen and oxygen atoms in total. The average molecular weight is 374 g/mol. The fourth-order valence-corrected chi connectivity index (χ4v) is 3.16. The quantitative estimate of drug-likeness (QED) is 0.710. The van der Waals surface area contributed by atoms with Crippen molar-refractivity contribution >= 4 is 34.0 Å². The summed E-state index contributed by atoms with van der Waals surface area (Å²) in [5.74, 6) is 0.638. The van der Waals surface area contributed by atoms with Gasteiger partial charge in [-0.2, -0.15) is 0 Å². The van der Waals surface area contributed by atoms with E-state index >= 15 is 0 Å². The van der Waals surface area contributed by atoms with Gasteiger partial charge in [-0.15, -0.1) is 10.2 Å². The Morgan fingerprint density at radius 1 is 1.08 bits per heavy atom. The highest BCUT2D eigenvalue weighted by molar-refractivity contribution is 7.15. The van der Waals surface area contributed by atoms with Crippen molar-refractivity contribution in [3.8, 4) is 5.75 Å². The van der Waals surface area contributed by atoms with Crippen LogP contribution in [0.4, 0.5) is 5.13 Å². The molecule has 3 rings (SSSR count). The zero-order chi connectivity index (χ0) is 17.6. The molecule has 0 aliphatic heterocycles. The summed E-state index contributed by atoms with van der Waals surface area (Å²) in [6.45, 7) is 0. The van der Waals surface area contributed by atoms with Crippen LogP contribution in [0.5, 0.6) is 5.75 Å². The molecule has 1 N–H and O–H groups in total. The van der Waals surface area contributed by atoms with Gasteiger partial charge in [-0.25, -0.2) is 0 Å². The molecular formula is C18H16ClN3O2S. The third-order valence-corrected chi connectivity index (χ3v) is 4.60. The van der Waals surface area contributed by atoms with Crippen LogP contribution < -0.4 is 10.1 Å². The van der Waals surface area contributed by atoms with Gasteiger partial charge in [0.15, 0.2) is 0 Å². The number of halogens is 1. The van der Waals surface area contributed by atoms with E-state index in [1.165, 1.54) is 11.3 Å². The summed E-state index contributed by atoms with van der Waals surface area (Å²) in [5.41, 5.74) is 2.00. The Balaban J connectivity index is 1.56. The fraction of sp³-hybridized carbons (Fsp3) is 0.167. The molecule has 0 aliphatic rings. The van der Waals surface area contributed by atoms with Gasteiger partial charge in [0, 0.05) is 11.4 Å². The molecule has 7 heteroatoms. The second kappa shape index (κ2) is 8.09. The SMILES string of the molecule is COc1ccc(CC(=O)Nc2nnc(Cc3ccc(Cl)cc3)s2)cc1. The maximum atomic E-state index is 12.1. The van der Waals surface area contributed by atoms with E-state index in [2.05, 4.69) is 15.5 Å². The number of methoxy groups -OCH3 is 1. The summed E-state index contributed by atoms with van der Waals surface area (Å²) < 4.78 is 5.10. The lowest BCUT2D eigenvalue weighted by molar-refractivity contribution is -0.115. The van der Waals surface area contributed by atoms with Gasteiger partial charge in [0.2, 0.25) is 11.0 Å². The van der Waals surface area contributed by atoms with Crippen LogP contribution in [0.1, 0.15) is 16.1 Å². The van der Waals surface area contributed by atoms with Crippen molar-refractivity contribution in [3.63, 3.8) is 0 Å². The minimum atomic E-state index is -0.126. The van der Waals surface area contributed by atoms with Crippen LogP contribution in [0.25, 0.3) is 0 Å². The van der Waals surface area contributed by atoms with E-state index in [0.29, 0.717) is 16.6 Å². The van der Waals surface area contributed by atoms with Crippen molar-refractivity contribution in [1.29, 1.82) is 0 Å². The Morgan fingerprint density at radius 2 is 1.76 bits per heavy atom. The van der Waals surface area contributed by atoms with Gasteiger partial charge in [0.05, 0.1) is 13.5 Å². The number of hydrogen-bond donors (Lipinski definition) is 1. The van der Waals surface area contributed by atoms with E-state index < -0.39 is 0 Å². The molecule has 1 amide bonds. The van der Waals surface area contributed by atoms with Gasteiger partial charge in [0.1, 0.15) is 10.8 Å². The van der Waals surface area contributed by atoms with Crippen molar-refractivity contribution in [1.82, 2.24) is 10.2 Å². The van der Waals surface area contributed by atoms with Crippen molar-refractivity contribution < 1.29 is 9.53 Å². The molecule has 0 bridgehead atoms. The van der Waals surface area contributed by atoms with Crippen molar-refractivity contribution in [2.45, 2.75) is 12.8 Å². The topological polar surface area (TPSA) is 64.1 Å². The molecule has 128 valence electrons. The monoisotopic (exact) mass is 373 g/mol. The Morgan fingerprint density at radius 3 is 2.44 bits per heavy atom. The van der Waals surface area contributed by atoms with Gasteiger partial charge in [-0.05, 0) is 35.4 Å². The number of rotatable bonds is 6. The molecule has 25 heavy (non-hydrogen) atoms. The van der Waals surface area contributed by atoms with Crippen molar-refractivity contribution in [2.24, 2.45) is 0 Å². The van der Waals surface area contributed by atoms with Gasteiger partial charge in [0.25, 0.3) is 0 Å². The van der Waals surface area contributed by atoms with E-state index in [1.54, 1.807) is 7.11 Å². The molecule has 0 atom stereocenters. The number of carbonyl (C=O) groups is 1. The lowest BCUT2D eigenvalue weighted by atomic mass is 10.1. The Hall–Kier alpha value is -2.44. The third-order valence-electron chi connectivity index (χ3n) is 3.51. The number of benzene rings is 2. The first kappa shape index (κ1) is 17.4. The number of carbonyl (C=O) groups excluding carboxylic acids is 1. The number of ether oxygens (including phenoxy) is 1. The molecule has 0 saturated carbocycles. The van der Waals surface area contributed by atoms with Crippen LogP contribution in [0.3, 0.4) is 0 Å². The average Bonchev–Trinajstić information content (AvgIpc) is 3.04. The largest absolute Gasteiger partial charge is 0.497 e. The first-order chi connectivity index (χ1) is 12.1. The maximum Gasteiger partial charge on any atom is 0.230 e. The number of anilines is 1. The van der Waals surface area contributed by atoms with E-state index in [4.69, 9.17) is 16.3 Å². The summed E-state index contributed by atoms with van der Waals surface area (Å²) in [5, 5.41) is 13.0. The highest BCUT2D eigenvalue weighted by Gasteiger charge is 2.10. The number of nitrogens with one attached hydrogen (secondary N) is 1. The van der Waals surface area contributed by atoms with Gasteiger partial charge in [-0.3, -0.25) is 4.79 Å². The van der Waals surface area contributed by atoms with E-state index in [1.807, 2.05) is 48.5 Å². The van der Waals surface area contributed by atoms with Crippen molar-refractivity contribution in [3.05, 3.63) is 69.7 Å². The molecule has 2 aromatic carbocycles. The highest BCUT2D eigenvalue weighted by Crippen LogP contribution is 2.20. The summed E-state index contributed by atoms with van der Waals surface area (Å²) in [6, 6.07) is 15.0. The molecule has 1 aromatic heterocycles. The van der Waals surface area contributed by atoms with Crippen LogP contribution in [-0.2, 0) is 17.6 Å². The predicted octanol–water partition coefficient (Wildman–Crippen LogP) is 3.97. The first-order valence-electron chi connectivity index (χ1n) is 7.62. The standard InChI is InChI=1S/C18H16ClN3O2S/c1-24-15-8-4-12(5-9-15)10-16(23)20-18-22-21-17(25-18)11-13-2-6-14(19)7-3-13/h2-9H,10-11H2,1H3,(H,20,22,23). The van der Waals surface area contributed by atoms with Crippen LogP contribution in [0.15, 0.2) is 48.5 Å². The van der Waals surface area contributed by atoms with Gasteiger partial charge in [-0.1, -0.05) is 47.2 Å². The zero-order valence-electron chi connectivity index (χ0n) is 13.5. The highest BCUT2D eigenvalue weighted by atomic mass is 35.5. The maximum absolute atomic E-state index is 12.1. The normalized spacial score (nSPS) is 10.5. The van der Waals surface area contributed by atoms with E-state index in [0.717, 1.165) is 21.9 Å². The Bertz CT molecular complexity index is 848. The van der Waals surface area contributed by atoms with Crippen LogP contribution in [0.2, 0.25) is 5.02 Å². The minimum absolute atomic E-state index is 0.126. The molecule has 0 saturated heterocycles. The molecule has 0 aliphatic carbocycles. The van der Waals surface area contributed by atoms with Gasteiger partial charge < -0.3 is 10.1 Å². The molecular weight excluding hydrogens is 358 g/mol. The molecule has 0 fully saturated rings. The Kier molecular flexibility index (Phi) is 5.63. The fourth-order valence-electron chi connectivity index (χ4n) is 2.24. The Labute approximate surface area is 154 Å². The lowest BCUT2D eigenvalue weighted by Gasteiger charge is -2.03. The molecule has 0 unspecified atom stereocenters. The van der Waals surface area contributed by atoms with Crippen LogP contribution >= 0.6 is 22.9 Å². The van der Waals surface area contributed by atoms with Crippen LogP contribution in [0, 0.1) is 0 Å². The predicted molar refractivity (Wildman–Crippen MR) is 99.5 cm³/mol. The lowest BCUT2D eigenvalue weighted by Crippen LogP contribution is -2.14. The summed E-state index contributed by atoms with van der Waals surface area (Å²) in [6.07, 6.45) is 0.930.